The molecule has 2 rings (SSSR count). The second kappa shape index (κ2) is 2.55. The lowest BCUT2D eigenvalue weighted by atomic mass is 10.3. The van der Waals surface area contributed by atoms with Gasteiger partial charge in [-0.15, -0.1) is 0 Å². The van der Waals surface area contributed by atoms with Crippen molar-refractivity contribution in [1.29, 1.82) is 0 Å². The van der Waals surface area contributed by atoms with Gasteiger partial charge in [-0.25, -0.2) is 0 Å². The number of hydrogen-bond donors (Lipinski definition) is 0. The van der Waals surface area contributed by atoms with Crippen molar-refractivity contribution in [1.82, 2.24) is 9.80 Å². The van der Waals surface area contributed by atoms with Crippen LogP contribution in [0.4, 0.5) is 0 Å². The third-order valence-electron chi connectivity index (χ3n) is 2.51. The molecule has 70 valence electrons. The lowest BCUT2D eigenvalue weighted by molar-refractivity contribution is -0.142. The SMILES string of the molecule is CC(=O)N1C(=O)CN2C(=O)CC[C@H]21. The van der Waals surface area contributed by atoms with E-state index in [9.17, 15) is 14.4 Å². The maximum Gasteiger partial charge on any atom is 0.250 e. The number of fused-ring (bicyclic) bond motifs is 1. The van der Waals surface area contributed by atoms with E-state index in [0.29, 0.717) is 12.8 Å². The normalized spacial score (nSPS) is 27.0. The molecular formula is C8H10N2O3. The van der Waals surface area contributed by atoms with Gasteiger partial charge < -0.3 is 4.90 Å². The van der Waals surface area contributed by atoms with Crippen LogP contribution in [-0.4, -0.2) is 40.2 Å². The summed E-state index contributed by atoms with van der Waals surface area (Å²) in [7, 11) is 0. The minimum absolute atomic E-state index is 0.0258. The van der Waals surface area contributed by atoms with Gasteiger partial charge in [-0.05, 0) is 6.42 Å². The molecule has 0 aliphatic carbocycles. The van der Waals surface area contributed by atoms with Gasteiger partial charge in [0.1, 0.15) is 12.7 Å². The molecule has 2 saturated heterocycles. The molecule has 2 fully saturated rings. The van der Waals surface area contributed by atoms with Gasteiger partial charge >= 0.3 is 0 Å². The van der Waals surface area contributed by atoms with Crippen molar-refractivity contribution < 1.29 is 14.4 Å². The van der Waals surface area contributed by atoms with Crippen LogP contribution in [0.3, 0.4) is 0 Å². The Morgan fingerprint density at radius 1 is 1.38 bits per heavy atom. The Kier molecular flexibility index (Phi) is 1.61. The Bertz CT molecular complexity index is 300. The van der Waals surface area contributed by atoms with Crippen molar-refractivity contribution in [2.45, 2.75) is 25.9 Å². The fraction of sp³-hybridized carbons (Fsp3) is 0.625. The first-order valence-corrected chi connectivity index (χ1v) is 4.23. The topological polar surface area (TPSA) is 57.7 Å². The lowest BCUT2D eigenvalue weighted by Gasteiger charge is -2.20. The predicted octanol–water partition coefficient (Wildman–Crippen LogP) is -0.676. The molecular weight excluding hydrogens is 172 g/mol. The Morgan fingerprint density at radius 2 is 2.08 bits per heavy atom. The molecule has 13 heavy (non-hydrogen) atoms. The molecule has 0 aromatic rings. The maximum absolute atomic E-state index is 11.3. The van der Waals surface area contributed by atoms with E-state index in [1.807, 2.05) is 0 Å². The van der Waals surface area contributed by atoms with Crippen molar-refractivity contribution in [2.24, 2.45) is 0 Å². The standard InChI is InChI=1S/C8H10N2O3/c1-5(11)10-6-2-3-7(12)9(6)4-8(10)13/h6H,2-4H2,1H3/t6-/m1/s1. The Morgan fingerprint density at radius 3 is 2.69 bits per heavy atom. The highest BCUT2D eigenvalue weighted by Gasteiger charge is 2.46. The van der Waals surface area contributed by atoms with Gasteiger partial charge in [0.2, 0.25) is 11.8 Å². The number of carbonyl (C=O) groups is 3. The van der Waals surface area contributed by atoms with Crippen molar-refractivity contribution in [3.8, 4) is 0 Å². The molecule has 0 unspecified atom stereocenters. The van der Waals surface area contributed by atoms with Gasteiger partial charge in [0.15, 0.2) is 0 Å². The van der Waals surface area contributed by atoms with E-state index < -0.39 is 0 Å². The summed E-state index contributed by atoms with van der Waals surface area (Å²) in [5.41, 5.74) is 0. The van der Waals surface area contributed by atoms with Crippen LogP contribution in [-0.2, 0) is 14.4 Å². The third kappa shape index (κ3) is 1.03. The minimum Gasteiger partial charge on any atom is -0.312 e. The lowest BCUT2D eigenvalue weighted by Crippen LogP contribution is -2.39. The van der Waals surface area contributed by atoms with Crippen LogP contribution in [0.15, 0.2) is 0 Å². The van der Waals surface area contributed by atoms with Crippen LogP contribution in [0.2, 0.25) is 0 Å². The second-order valence-corrected chi connectivity index (χ2v) is 3.32. The van der Waals surface area contributed by atoms with Crippen molar-refractivity contribution in [2.75, 3.05) is 6.54 Å². The van der Waals surface area contributed by atoms with Gasteiger partial charge in [0, 0.05) is 13.3 Å². The molecule has 5 heteroatoms. The Balaban J connectivity index is 2.27. The maximum atomic E-state index is 11.3. The van der Waals surface area contributed by atoms with E-state index in [0.717, 1.165) is 0 Å². The van der Waals surface area contributed by atoms with E-state index in [1.165, 1.54) is 16.7 Å². The highest BCUT2D eigenvalue weighted by Crippen LogP contribution is 2.27. The zero-order valence-corrected chi connectivity index (χ0v) is 7.32. The molecule has 0 N–H and O–H groups in total. The number of hydrogen-bond acceptors (Lipinski definition) is 3. The summed E-state index contributed by atoms with van der Waals surface area (Å²) in [6.07, 6.45) is 0.740. The largest absolute Gasteiger partial charge is 0.312 e. The van der Waals surface area contributed by atoms with E-state index in [1.54, 1.807) is 0 Å². The summed E-state index contributed by atoms with van der Waals surface area (Å²) in [4.78, 5) is 36.2. The van der Waals surface area contributed by atoms with E-state index >= 15 is 0 Å². The van der Waals surface area contributed by atoms with Crippen molar-refractivity contribution in [3.63, 3.8) is 0 Å². The van der Waals surface area contributed by atoms with Gasteiger partial charge in [-0.2, -0.15) is 0 Å². The van der Waals surface area contributed by atoms with Crippen LogP contribution in [0.25, 0.3) is 0 Å². The molecule has 2 aliphatic rings. The first-order chi connectivity index (χ1) is 6.11. The van der Waals surface area contributed by atoms with E-state index in [4.69, 9.17) is 0 Å². The summed E-state index contributed by atoms with van der Waals surface area (Å²) in [6.45, 7) is 1.42. The first kappa shape index (κ1) is 8.22. The molecule has 5 nitrogen and oxygen atoms in total. The molecule has 1 atom stereocenters. The van der Waals surface area contributed by atoms with Gasteiger partial charge in [0.25, 0.3) is 5.91 Å². The van der Waals surface area contributed by atoms with Crippen LogP contribution >= 0.6 is 0 Å². The Hall–Kier alpha value is -1.39. The minimum atomic E-state index is -0.294. The van der Waals surface area contributed by atoms with Crippen LogP contribution in [0.1, 0.15) is 19.8 Å². The highest BCUT2D eigenvalue weighted by atomic mass is 16.2. The molecule has 2 heterocycles. The summed E-state index contributed by atoms with van der Waals surface area (Å²) in [5.74, 6) is -0.556. The quantitative estimate of drug-likeness (QED) is 0.499. The summed E-state index contributed by atoms with van der Waals surface area (Å²) in [6, 6.07) is 0. The second-order valence-electron chi connectivity index (χ2n) is 3.32. The fourth-order valence-corrected chi connectivity index (χ4v) is 1.95. The molecule has 0 aromatic heterocycles. The average Bonchev–Trinajstić information content (AvgIpc) is 2.51. The molecule has 0 saturated carbocycles. The summed E-state index contributed by atoms with van der Waals surface area (Å²) < 4.78 is 0. The smallest absolute Gasteiger partial charge is 0.250 e. The molecule has 0 radical (unpaired) electrons. The summed E-state index contributed by atoms with van der Waals surface area (Å²) >= 11 is 0. The zero-order chi connectivity index (χ0) is 9.59. The molecule has 0 bridgehead atoms. The predicted molar refractivity (Wildman–Crippen MR) is 42.3 cm³/mol. The van der Waals surface area contributed by atoms with Gasteiger partial charge in [0.05, 0.1) is 0 Å². The Labute approximate surface area is 75.3 Å². The summed E-state index contributed by atoms with van der Waals surface area (Å²) in [5, 5.41) is 0. The monoisotopic (exact) mass is 182 g/mol. The molecule has 0 aromatic carbocycles. The fourth-order valence-electron chi connectivity index (χ4n) is 1.95. The number of rotatable bonds is 0. The van der Waals surface area contributed by atoms with E-state index in [-0.39, 0.29) is 30.4 Å². The molecule has 2 aliphatic heterocycles. The number of amides is 3. The van der Waals surface area contributed by atoms with Crippen LogP contribution in [0.5, 0.6) is 0 Å². The molecule has 0 spiro atoms. The van der Waals surface area contributed by atoms with Crippen LogP contribution < -0.4 is 0 Å². The van der Waals surface area contributed by atoms with Crippen molar-refractivity contribution in [3.05, 3.63) is 0 Å². The average molecular weight is 182 g/mol. The zero-order valence-electron chi connectivity index (χ0n) is 7.32. The highest BCUT2D eigenvalue weighted by molar-refractivity contribution is 6.00. The number of nitrogens with zero attached hydrogens (tertiary/aromatic N) is 2. The van der Waals surface area contributed by atoms with Crippen molar-refractivity contribution >= 4 is 17.7 Å². The van der Waals surface area contributed by atoms with Gasteiger partial charge in [-0.3, -0.25) is 19.3 Å². The first-order valence-electron chi connectivity index (χ1n) is 4.23. The van der Waals surface area contributed by atoms with Crippen LogP contribution in [0, 0.1) is 0 Å². The van der Waals surface area contributed by atoms with Gasteiger partial charge in [-0.1, -0.05) is 0 Å². The van der Waals surface area contributed by atoms with E-state index in [2.05, 4.69) is 0 Å². The number of imide groups is 1. The molecule has 3 amide bonds. The number of carbonyl (C=O) groups excluding carboxylic acids is 3. The third-order valence-corrected chi connectivity index (χ3v) is 2.51.